The lowest BCUT2D eigenvalue weighted by Gasteiger charge is -2.31. The zero-order valence-corrected chi connectivity index (χ0v) is 14.6. The molecule has 25 heavy (non-hydrogen) atoms. The van der Waals surface area contributed by atoms with E-state index in [2.05, 4.69) is 5.32 Å². The van der Waals surface area contributed by atoms with Gasteiger partial charge in [-0.05, 0) is 37.1 Å². The van der Waals surface area contributed by atoms with E-state index in [0.717, 1.165) is 12.8 Å². The van der Waals surface area contributed by atoms with Gasteiger partial charge in [-0.25, -0.2) is 0 Å². The maximum absolute atomic E-state index is 13.0. The van der Waals surface area contributed by atoms with Crippen molar-refractivity contribution in [2.24, 2.45) is 0 Å². The summed E-state index contributed by atoms with van der Waals surface area (Å²) < 4.78 is 0. The molecule has 1 saturated carbocycles. The molecule has 0 unspecified atom stereocenters. The van der Waals surface area contributed by atoms with Crippen LogP contribution in [0.3, 0.4) is 0 Å². The molecule has 4 heteroatoms. The summed E-state index contributed by atoms with van der Waals surface area (Å²) in [6.07, 6.45) is 5.72. The standard InChI is InChI=1S/C21H24N2O2/c1-23(17-12-6-3-7-13-17)21(25)18-14-8-9-15-19(18)22-20(24)16-10-4-2-5-11-16/h2,4-5,8-11,14-15,17H,3,6-7,12-13H2,1H3,(H,22,24). The van der Waals surface area contributed by atoms with Crippen molar-refractivity contribution in [1.29, 1.82) is 0 Å². The van der Waals surface area contributed by atoms with Crippen molar-refractivity contribution in [3.63, 3.8) is 0 Å². The molecule has 4 nitrogen and oxygen atoms in total. The third kappa shape index (κ3) is 4.08. The first kappa shape index (κ1) is 17.2. The van der Waals surface area contributed by atoms with Crippen LogP contribution in [-0.4, -0.2) is 29.8 Å². The van der Waals surface area contributed by atoms with E-state index in [1.54, 1.807) is 24.3 Å². The summed E-state index contributed by atoms with van der Waals surface area (Å²) in [5.41, 5.74) is 1.68. The maximum atomic E-state index is 13.0. The van der Waals surface area contributed by atoms with Crippen LogP contribution < -0.4 is 5.32 Å². The first-order chi connectivity index (χ1) is 12.2. The number of anilines is 1. The van der Waals surface area contributed by atoms with Crippen LogP contribution in [0.4, 0.5) is 5.69 Å². The van der Waals surface area contributed by atoms with Crippen LogP contribution in [-0.2, 0) is 0 Å². The molecule has 1 fully saturated rings. The molecular formula is C21H24N2O2. The predicted octanol–water partition coefficient (Wildman–Crippen LogP) is 4.34. The Bertz CT molecular complexity index is 737. The van der Waals surface area contributed by atoms with Crippen molar-refractivity contribution < 1.29 is 9.59 Å². The van der Waals surface area contributed by atoms with Gasteiger partial charge in [0.05, 0.1) is 11.3 Å². The molecule has 0 bridgehead atoms. The first-order valence-electron chi connectivity index (χ1n) is 8.89. The molecule has 1 aliphatic carbocycles. The van der Waals surface area contributed by atoms with Gasteiger partial charge in [-0.15, -0.1) is 0 Å². The molecule has 0 saturated heterocycles. The van der Waals surface area contributed by atoms with Gasteiger partial charge < -0.3 is 10.2 Å². The quantitative estimate of drug-likeness (QED) is 0.903. The number of benzene rings is 2. The van der Waals surface area contributed by atoms with Crippen LogP contribution in [0.1, 0.15) is 52.8 Å². The summed E-state index contributed by atoms with van der Waals surface area (Å²) in [5, 5.41) is 2.88. The molecule has 0 radical (unpaired) electrons. The second kappa shape index (κ2) is 7.97. The van der Waals surface area contributed by atoms with Crippen molar-refractivity contribution in [3.05, 3.63) is 65.7 Å². The van der Waals surface area contributed by atoms with Gasteiger partial charge in [-0.2, -0.15) is 0 Å². The van der Waals surface area contributed by atoms with E-state index in [9.17, 15) is 9.59 Å². The van der Waals surface area contributed by atoms with Crippen LogP contribution in [0.2, 0.25) is 0 Å². The van der Waals surface area contributed by atoms with Crippen LogP contribution in [0.15, 0.2) is 54.6 Å². The number of carbonyl (C=O) groups excluding carboxylic acids is 2. The summed E-state index contributed by atoms with van der Waals surface area (Å²) in [7, 11) is 1.87. The maximum Gasteiger partial charge on any atom is 0.255 e. The number of carbonyl (C=O) groups is 2. The molecule has 0 aromatic heterocycles. The van der Waals surface area contributed by atoms with Gasteiger partial charge in [0.1, 0.15) is 0 Å². The van der Waals surface area contributed by atoms with Gasteiger partial charge in [0.25, 0.3) is 11.8 Å². The summed E-state index contributed by atoms with van der Waals surface area (Å²) in [4.78, 5) is 27.2. The van der Waals surface area contributed by atoms with E-state index in [4.69, 9.17) is 0 Å². The van der Waals surface area contributed by atoms with Gasteiger partial charge >= 0.3 is 0 Å². The van der Waals surface area contributed by atoms with E-state index < -0.39 is 0 Å². The highest BCUT2D eigenvalue weighted by molar-refractivity contribution is 6.09. The Balaban J connectivity index is 1.78. The Morgan fingerprint density at radius 3 is 2.28 bits per heavy atom. The number of nitrogens with zero attached hydrogens (tertiary/aromatic N) is 1. The molecule has 0 spiro atoms. The highest BCUT2D eigenvalue weighted by Crippen LogP contribution is 2.25. The number of hydrogen-bond acceptors (Lipinski definition) is 2. The molecule has 0 atom stereocenters. The average Bonchev–Trinajstić information content (AvgIpc) is 2.68. The molecule has 2 amide bonds. The van der Waals surface area contributed by atoms with Crippen LogP contribution in [0.25, 0.3) is 0 Å². The van der Waals surface area contributed by atoms with Gasteiger partial charge in [0, 0.05) is 18.7 Å². The molecule has 1 N–H and O–H groups in total. The fraction of sp³-hybridized carbons (Fsp3) is 0.333. The third-order valence-electron chi connectivity index (χ3n) is 4.88. The molecule has 0 heterocycles. The minimum Gasteiger partial charge on any atom is -0.339 e. The van der Waals surface area contributed by atoms with E-state index in [1.165, 1.54) is 19.3 Å². The van der Waals surface area contributed by atoms with Crippen molar-refractivity contribution in [2.45, 2.75) is 38.1 Å². The second-order valence-corrected chi connectivity index (χ2v) is 6.57. The fourth-order valence-corrected chi connectivity index (χ4v) is 3.39. The smallest absolute Gasteiger partial charge is 0.255 e. The van der Waals surface area contributed by atoms with Crippen LogP contribution >= 0.6 is 0 Å². The molecule has 1 aliphatic rings. The van der Waals surface area contributed by atoms with Crippen molar-refractivity contribution in [1.82, 2.24) is 4.90 Å². The number of rotatable bonds is 4. The second-order valence-electron chi connectivity index (χ2n) is 6.57. The van der Waals surface area contributed by atoms with Crippen molar-refractivity contribution >= 4 is 17.5 Å². The molecule has 0 aliphatic heterocycles. The minimum absolute atomic E-state index is 0.0316. The zero-order valence-electron chi connectivity index (χ0n) is 14.6. The molecule has 3 rings (SSSR count). The Kier molecular flexibility index (Phi) is 5.49. The molecule has 2 aromatic carbocycles. The van der Waals surface area contributed by atoms with Gasteiger partial charge in [0.2, 0.25) is 0 Å². The number of nitrogens with one attached hydrogen (secondary N) is 1. The summed E-state index contributed by atoms with van der Waals surface area (Å²) >= 11 is 0. The largest absolute Gasteiger partial charge is 0.339 e. The monoisotopic (exact) mass is 336 g/mol. The molecular weight excluding hydrogens is 312 g/mol. The molecule has 2 aromatic rings. The third-order valence-corrected chi connectivity index (χ3v) is 4.88. The number of para-hydroxylation sites is 1. The first-order valence-corrected chi connectivity index (χ1v) is 8.89. The van der Waals surface area contributed by atoms with Crippen LogP contribution in [0.5, 0.6) is 0 Å². The normalized spacial score (nSPS) is 14.8. The van der Waals surface area contributed by atoms with E-state index in [1.807, 2.05) is 42.3 Å². The highest BCUT2D eigenvalue weighted by atomic mass is 16.2. The fourth-order valence-electron chi connectivity index (χ4n) is 3.39. The minimum atomic E-state index is -0.207. The van der Waals surface area contributed by atoms with Crippen molar-refractivity contribution in [3.8, 4) is 0 Å². The highest BCUT2D eigenvalue weighted by Gasteiger charge is 2.24. The lowest BCUT2D eigenvalue weighted by Crippen LogP contribution is -2.38. The average molecular weight is 336 g/mol. The topological polar surface area (TPSA) is 49.4 Å². The van der Waals surface area contributed by atoms with E-state index in [0.29, 0.717) is 22.9 Å². The summed E-state index contributed by atoms with van der Waals surface area (Å²) in [6, 6.07) is 16.5. The number of hydrogen-bond donors (Lipinski definition) is 1. The Labute approximate surface area is 148 Å². The SMILES string of the molecule is CN(C(=O)c1ccccc1NC(=O)c1ccccc1)C1CCCCC1. The summed E-state index contributed by atoms with van der Waals surface area (Å²) in [5.74, 6) is -0.239. The predicted molar refractivity (Wildman–Crippen MR) is 99.8 cm³/mol. The lowest BCUT2D eigenvalue weighted by molar-refractivity contribution is 0.0697. The van der Waals surface area contributed by atoms with Gasteiger partial charge in [-0.1, -0.05) is 49.6 Å². The van der Waals surface area contributed by atoms with Gasteiger partial charge in [0.15, 0.2) is 0 Å². The Morgan fingerprint density at radius 2 is 1.56 bits per heavy atom. The number of amides is 2. The summed E-state index contributed by atoms with van der Waals surface area (Å²) in [6.45, 7) is 0. The zero-order chi connectivity index (χ0) is 17.6. The van der Waals surface area contributed by atoms with Crippen LogP contribution in [0, 0.1) is 0 Å². The van der Waals surface area contributed by atoms with Crippen molar-refractivity contribution in [2.75, 3.05) is 12.4 Å². The van der Waals surface area contributed by atoms with E-state index in [-0.39, 0.29) is 11.8 Å². The van der Waals surface area contributed by atoms with Gasteiger partial charge in [-0.3, -0.25) is 9.59 Å². The molecule has 130 valence electrons. The Hall–Kier alpha value is -2.62. The van der Waals surface area contributed by atoms with E-state index >= 15 is 0 Å². The Morgan fingerprint density at radius 1 is 0.920 bits per heavy atom. The lowest BCUT2D eigenvalue weighted by atomic mass is 9.94.